The first-order chi connectivity index (χ1) is 24.5. The Bertz CT molecular complexity index is 2500. The fourth-order valence-corrected chi connectivity index (χ4v) is 5.41. The van der Waals surface area contributed by atoms with Crippen LogP contribution in [0.5, 0.6) is 11.5 Å². The number of benzene rings is 4. The van der Waals surface area contributed by atoms with Crippen molar-refractivity contribution in [2.24, 2.45) is 20.5 Å². The summed E-state index contributed by atoms with van der Waals surface area (Å²) >= 11 is 0. The molecule has 0 aliphatic carbocycles. The minimum Gasteiger partial charge on any atom is -0.506 e. The van der Waals surface area contributed by atoms with Crippen LogP contribution in [0.3, 0.4) is 0 Å². The van der Waals surface area contributed by atoms with E-state index in [1.165, 1.54) is 0 Å². The fraction of sp³-hybridized carbons (Fsp3) is 0.0625. The molecule has 274 valence electrons. The summed E-state index contributed by atoms with van der Waals surface area (Å²) in [7, 11) is -8.93. The number of para-hydroxylation sites is 2. The van der Waals surface area contributed by atoms with E-state index in [1.54, 1.807) is 74.5 Å². The molecule has 56 heavy (non-hydrogen) atoms. The van der Waals surface area contributed by atoms with Gasteiger partial charge >= 0.3 is 88.7 Å². The van der Waals surface area contributed by atoms with Gasteiger partial charge in [0.1, 0.15) is 34.0 Å². The summed E-state index contributed by atoms with van der Waals surface area (Å²) in [4.78, 5) is 24.0. The Labute approximate surface area is 396 Å². The van der Waals surface area contributed by atoms with E-state index in [0.717, 1.165) is 45.8 Å². The molecule has 4 N–H and O–H groups in total. The zero-order valence-corrected chi connectivity index (χ0v) is 39.2. The number of hydrogen-bond acceptors (Lipinski definition) is 14. The van der Waals surface area contributed by atoms with Crippen LogP contribution in [0.2, 0.25) is 0 Å². The number of phenolic OH excluding ortho intramolecular Hbond substituents is 2. The van der Waals surface area contributed by atoms with E-state index in [9.17, 15) is 36.6 Å². The van der Waals surface area contributed by atoms with E-state index in [0.29, 0.717) is 22.8 Å². The van der Waals surface area contributed by atoms with Crippen molar-refractivity contribution in [3.8, 4) is 22.9 Å². The minimum atomic E-state index is -4.46. The van der Waals surface area contributed by atoms with Crippen molar-refractivity contribution >= 4 is 43.0 Å². The Balaban J connectivity index is 0.000000523. The molecular weight excluding hydrogens is 841 g/mol. The van der Waals surface area contributed by atoms with Crippen LogP contribution in [0.25, 0.3) is 11.4 Å². The summed E-state index contributed by atoms with van der Waals surface area (Å²) in [6.45, 7) is 3.15. The van der Waals surface area contributed by atoms with Gasteiger partial charge in [0.25, 0.3) is 20.2 Å². The summed E-state index contributed by atoms with van der Waals surface area (Å²) in [6, 6.07) is 23.5. The van der Waals surface area contributed by atoms with Crippen LogP contribution < -0.4 is 99.8 Å². The van der Waals surface area contributed by atoms with Crippen molar-refractivity contribution in [3.05, 3.63) is 129 Å². The second kappa shape index (κ2) is 21.7. The van der Waals surface area contributed by atoms with Gasteiger partial charge in [-0.15, -0.1) is 11.4 Å². The maximum Gasteiger partial charge on any atom is 1.00 e. The first kappa shape index (κ1) is 51.1. The molecule has 0 unspecified atom stereocenters. The molecule has 2 heterocycles. The van der Waals surface area contributed by atoms with Gasteiger partial charge in [0.05, 0.1) is 21.2 Å². The van der Waals surface area contributed by atoms with Crippen LogP contribution in [0.15, 0.2) is 137 Å². The number of phenols is 2. The van der Waals surface area contributed by atoms with Crippen molar-refractivity contribution in [2.75, 3.05) is 0 Å². The van der Waals surface area contributed by atoms with Crippen LogP contribution in [0.4, 0.5) is 22.7 Å². The minimum absolute atomic E-state index is 0. The van der Waals surface area contributed by atoms with Gasteiger partial charge in [-0.2, -0.15) is 27.1 Å². The van der Waals surface area contributed by atoms with Crippen LogP contribution in [0, 0.1) is 13.8 Å². The number of rotatable bonds is 8. The molecule has 0 atom stereocenters. The van der Waals surface area contributed by atoms with Crippen molar-refractivity contribution in [3.63, 3.8) is 0 Å². The molecular formula is C32H26CrN8Na3O10S2+. The van der Waals surface area contributed by atoms with Gasteiger partial charge < -0.3 is 30.0 Å². The van der Waals surface area contributed by atoms with Crippen molar-refractivity contribution in [2.45, 2.75) is 23.6 Å². The Morgan fingerprint density at radius 2 is 0.893 bits per heavy atom. The Morgan fingerprint density at radius 3 is 1.20 bits per heavy atom. The number of azo groups is 2. The largest absolute Gasteiger partial charge is 1.00 e. The van der Waals surface area contributed by atoms with E-state index < -0.39 is 41.1 Å². The maximum absolute atomic E-state index is 12.5. The van der Waals surface area contributed by atoms with Gasteiger partial charge in [-0.1, -0.05) is 61.6 Å². The molecule has 4 aromatic carbocycles. The second-order valence-corrected chi connectivity index (χ2v) is 13.5. The molecule has 0 saturated carbocycles. The van der Waals surface area contributed by atoms with Crippen molar-refractivity contribution in [1.82, 2.24) is 19.6 Å². The first-order valence-corrected chi connectivity index (χ1v) is 17.5. The summed E-state index contributed by atoms with van der Waals surface area (Å²) in [5.74, 6) is -0.719. The Morgan fingerprint density at radius 1 is 0.571 bits per heavy atom. The van der Waals surface area contributed by atoms with Crippen molar-refractivity contribution in [1.29, 1.82) is 0 Å². The Kier molecular flexibility index (Phi) is 19.8. The van der Waals surface area contributed by atoms with Crippen LogP contribution >= 0.6 is 0 Å². The SMILES string of the molecule is Cc1nn(-c2ccccc2)c(=O)[c-]1N=Nc1cc(S(=O)(=O)O)ccc1O.Cc1nn(-c2ccccc2)c(=O)[c-]1N=Nc1cc(S(=O)(=O)O)ccc1O.[Cr].[Na+].[Na+].[Na+]. The standard InChI is InChI=1S/2C16H13N4O5S.Cr.3Na/c2*1-10-15(16(22)20(19-10)11-5-3-2-4-6-11)18-17-13-9-12(26(23,24)25)7-8-14(13)21;;;;/h2*2-9,21H,1H3,(H,23,24,25);;;;/q2*-1;;3*+1. The third kappa shape index (κ3) is 12.5. The molecule has 18 nitrogen and oxygen atoms in total. The number of hydrogen-bond donors (Lipinski definition) is 4. The normalized spacial score (nSPS) is 11.1. The quantitative estimate of drug-likeness (QED) is 0.0498. The molecule has 0 saturated heterocycles. The first-order valence-electron chi connectivity index (χ1n) is 14.6. The molecule has 24 heteroatoms. The summed E-state index contributed by atoms with van der Waals surface area (Å²) in [5, 5.41) is 42.8. The average Bonchev–Trinajstić information content (AvgIpc) is 3.56. The summed E-state index contributed by atoms with van der Waals surface area (Å²) in [6.07, 6.45) is 0. The van der Waals surface area contributed by atoms with Crippen molar-refractivity contribution < 1.29 is 142 Å². The predicted molar refractivity (Wildman–Crippen MR) is 185 cm³/mol. The fourth-order valence-electron chi connectivity index (χ4n) is 4.41. The smallest absolute Gasteiger partial charge is 0.506 e. The molecule has 0 spiro atoms. The third-order valence-electron chi connectivity index (χ3n) is 6.98. The summed E-state index contributed by atoms with van der Waals surface area (Å²) < 4.78 is 65.2. The van der Waals surface area contributed by atoms with Crippen LogP contribution in [-0.2, 0) is 37.6 Å². The molecule has 6 aromatic rings. The number of aromatic nitrogens is 4. The molecule has 0 aliphatic heterocycles. The van der Waals surface area contributed by atoms with E-state index in [-0.39, 0.29) is 140 Å². The van der Waals surface area contributed by atoms with E-state index >= 15 is 0 Å². The maximum atomic E-state index is 12.5. The van der Waals surface area contributed by atoms with Gasteiger partial charge in [-0.3, -0.25) is 9.11 Å². The van der Waals surface area contributed by atoms with Crippen LogP contribution in [-0.4, -0.2) is 55.7 Å². The summed E-state index contributed by atoms with van der Waals surface area (Å²) in [5.41, 5.74) is 0.178. The number of aryl methyl sites for hydroxylation is 2. The number of aromatic hydroxyl groups is 2. The molecule has 0 aliphatic rings. The van der Waals surface area contributed by atoms with E-state index in [4.69, 9.17) is 9.11 Å². The van der Waals surface area contributed by atoms with Gasteiger partial charge in [0.2, 0.25) is 0 Å². The number of nitrogens with zero attached hydrogens (tertiary/aromatic N) is 8. The van der Waals surface area contributed by atoms with Gasteiger partial charge in [0.15, 0.2) is 0 Å². The molecule has 0 amide bonds. The molecule has 2 aromatic heterocycles. The third-order valence-corrected chi connectivity index (χ3v) is 8.68. The Hall–Kier alpha value is -2.95. The topological polar surface area (TPSA) is 268 Å². The zero-order chi connectivity index (χ0) is 37.8. The molecule has 0 radical (unpaired) electrons. The van der Waals surface area contributed by atoms with Gasteiger partial charge in [0, 0.05) is 17.4 Å². The van der Waals surface area contributed by atoms with Crippen LogP contribution in [0.1, 0.15) is 11.4 Å². The van der Waals surface area contributed by atoms with E-state index in [2.05, 4.69) is 30.7 Å². The second-order valence-electron chi connectivity index (χ2n) is 10.6. The van der Waals surface area contributed by atoms with Gasteiger partial charge in [-0.25, -0.2) is 19.6 Å². The zero-order valence-electron chi connectivity index (χ0n) is 30.3. The monoisotopic (exact) mass is 867 g/mol. The van der Waals surface area contributed by atoms with E-state index in [1.807, 2.05) is 0 Å². The molecule has 0 fully saturated rings. The molecule has 0 bridgehead atoms. The van der Waals surface area contributed by atoms with Gasteiger partial charge in [-0.05, 0) is 60.7 Å². The predicted octanol–water partition coefficient (Wildman–Crippen LogP) is -3.74. The molecule has 6 rings (SSSR count). The average molecular weight is 868 g/mol.